The molecular formula is C25H33NO5. The normalized spacial score (nSPS) is 11.0. The first-order valence-corrected chi connectivity index (χ1v) is 10.9. The van der Waals surface area contributed by atoms with Gasteiger partial charge in [0.05, 0.1) is 20.1 Å². The fraction of sp³-hybridized carbons (Fsp3) is 0.440. The van der Waals surface area contributed by atoms with Crippen LogP contribution in [0.15, 0.2) is 42.5 Å². The molecule has 0 atom stereocenters. The number of carboxylic acid groups (broad SMARTS) is 1. The highest BCUT2D eigenvalue weighted by atomic mass is 16.5. The minimum atomic E-state index is -0.937. The molecule has 0 aliphatic carbocycles. The molecule has 0 spiro atoms. The lowest BCUT2D eigenvalue weighted by Gasteiger charge is -2.11. The second-order valence-electron chi connectivity index (χ2n) is 7.59. The molecule has 0 unspecified atom stereocenters. The largest absolute Gasteiger partial charge is 0.618 e. The Bertz CT molecular complexity index is 846. The fourth-order valence-corrected chi connectivity index (χ4v) is 3.30. The molecule has 31 heavy (non-hydrogen) atoms. The van der Waals surface area contributed by atoms with Gasteiger partial charge in [-0.15, -0.1) is 0 Å². The predicted octanol–water partition coefficient (Wildman–Crippen LogP) is 5.09. The van der Waals surface area contributed by atoms with E-state index < -0.39 is 5.97 Å². The Morgan fingerprint density at radius 2 is 1.71 bits per heavy atom. The van der Waals surface area contributed by atoms with Crippen LogP contribution in [0.4, 0.5) is 0 Å². The third-order valence-corrected chi connectivity index (χ3v) is 5.11. The third-order valence-electron chi connectivity index (χ3n) is 5.11. The summed E-state index contributed by atoms with van der Waals surface area (Å²) in [4.78, 5) is 10.7. The molecule has 2 aromatic rings. The molecule has 2 rings (SSSR count). The van der Waals surface area contributed by atoms with Crippen molar-refractivity contribution in [3.05, 3.63) is 64.6 Å². The van der Waals surface area contributed by atoms with Crippen LogP contribution in [0.3, 0.4) is 0 Å². The minimum Gasteiger partial charge on any atom is -0.618 e. The first-order chi connectivity index (χ1) is 15.0. The Balaban J connectivity index is 1.64. The molecule has 0 bridgehead atoms. The van der Waals surface area contributed by atoms with Gasteiger partial charge in [0.25, 0.3) is 5.69 Å². The van der Waals surface area contributed by atoms with E-state index in [0.29, 0.717) is 23.7 Å². The molecule has 1 aromatic heterocycles. The summed E-state index contributed by atoms with van der Waals surface area (Å²) in [6.07, 6.45) is 10.7. The zero-order valence-corrected chi connectivity index (χ0v) is 18.5. The predicted molar refractivity (Wildman–Crippen MR) is 121 cm³/mol. The van der Waals surface area contributed by atoms with Gasteiger partial charge in [0, 0.05) is 19.1 Å². The average molecular weight is 428 g/mol. The van der Waals surface area contributed by atoms with Crippen LogP contribution in [0.25, 0.3) is 6.08 Å². The van der Waals surface area contributed by atoms with Gasteiger partial charge in [-0.25, -0.2) is 0 Å². The molecule has 0 radical (unpaired) electrons. The molecule has 1 heterocycles. The summed E-state index contributed by atoms with van der Waals surface area (Å²) in [5, 5.41) is 21.0. The molecule has 0 saturated heterocycles. The lowest BCUT2D eigenvalue weighted by molar-refractivity contribution is -0.614. The molecule has 0 saturated carbocycles. The first-order valence-electron chi connectivity index (χ1n) is 10.9. The minimum absolute atomic E-state index is 0.133. The van der Waals surface area contributed by atoms with E-state index in [-0.39, 0.29) is 6.42 Å². The maximum atomic E-state index is 12.3. The lowest BCUT2D eigenvalue weighted by atomic mass is 10.0. The monoisotopic (exact) mass is 427 g/mol. The number of nitrogens with zero attached hydrogens (tertiary/aromatic N) is 1. The standard InChI is InChI=1S/C25H33NO5/c1-20-13-18-24(23(26(20)29)11-9-12-25(27)28)31-19-8-6-4-3-5-7-10-21-14-16-22(30-2)17-15-21/h9,11,13-18H,3-8,10,12,19H2,1-2H3,(H,27,28)/b11-9+. The average Bonchev–Trinajstić information content (AvgIpc) is 2.76. The number of benzene rings is 1. The van der Waals surface area contributed by atoms with Gasteiger partial charge in [-0.2, -0.15) is 4.73 Å². The van der Waals surface area contributed by atoms with Crippen molar-refractivity contribution in [2.75, 3.05) is 13.7 Å². The molecular weight excluding hydrogens is 394 g/mol. The zero-order valence-electron chi connectivity index (χ0n) is 18.5. The fourth-order valence-electron chi connectivity index (χ4n) is 3.30. The molecule has 1 N–H and O–H groups in total. The number of methoxy groups -OCH3 is 1. The number of aliphatic carboxylic acids is 1. The van der Waals surface area contributed by atoms with Crippen LogP contribution in [0.2, 0.25) is 0 Å². The van der Waals surface area contributed by atoms with Crippen molar-refractivity contribution in [1.82, 2.24) is 0 Å². The number of ether oxygens (including phenoxy) is 2. The van der Waals surface area contributed by atoms with Crippen molar-refractivity contribution in [3.8, 4) is 11.5 Å². The number of carboxylic acids is 1. The van der Waals surface area contributed by atoms with Crippen LogP contribution in [-0.2, 0) is 11.2 Å². The summed E-state index contributed by atoms with van der Waals surface area (Å²) in [6, 6.07) is 11.7. The SMILES string of the molecule is COc1ccc(CCCCCCCCOc2ccc(C)[n+]([O-])c2/C=C/CC(=O)O)cc1. The van der Waals surface area contributed by atoms with E-state index in [0.717, 1.165) is 36.2 Å². The zero-order chi connectivity index (χ0) is 22.5. The van der Waals surface area contributed by atoms with Gasteiger partial charge < -0.3 is 19.8 Å². The molecule has 0 amide bonds. The van der Waals surface area contributed by atoms with Crippen molar-refractivity contribution in [2.24, 2.45) is 0 Å². The number of hydrogen-bond acceptors (Lipinski definition) is 4. The second kappa shape index (κ2) is 13.3. The highest BCUT2D eigenvalue weighted by molar-refractivity contribution is 5.70. The second-order valence-corrected chi connectivity index (χ2v) is 7.59. The number of aryl methyl sites for hydroxylation is 2. The molecule has 6 heteroatoms. The van der Waals surface area contributed by atoms with Gasteiger partial charge >= 0.3 is 5.97 Å². The summed E-state index contributed by atoms with van der Waals surface area (Å²) in [6.45, 7) is 2.24. The smallest absolute Gasteiger partial charge is 0.307 e. The Hall–Kier alpha value is -3.02. The Morgan fingerprint density at radius 1 is 1.03 bits per heavy atom. The Labute approximate surface area is 184 Å². The lowest BCUT2D eigenvalue weighted by Crippen LogP contribution is -2.34. The first kappa shape index (κ1) is 24.3. The molecule has 0 aliphatic rings. The van der Waals surface area contributed by atoms with Crippen molar-refractivity contribution < 1.29 is 24.1 Å². The highest BCUT2D eigenvalue weighted by Crippen LogP contribution is 2.18. The van der Waals surface area contributed by atoms with Gasteiger partial charge in [-0.3, -0.25) is 4.79 Å². The van der Waals surface area contributed by atoms with Gasteiger partial charge in [0.1, 0.15) is 5.75 Å². The van der Waals surface area contributed by atoms with Crippen LogP contribution in [0.5, 0.6) is 11.5 Å². The Morgan fingerprint density at radius 3 is 2.39 bits per heavy atom. The van der Waals surface area contributed by atoms with Crippen molar-refractivity contribution >= 4 is 12.0 Å². The molecule has 0 fully saturated rings. The number of rotatable bonds is 14. The van der Waals surface area contributed by atoms with E-state index in [1.165, 1.54) is 37.0 Å². The third kappa shape index (κ3) is 8.70. The van der Waals surface area contributed by atoms with Crippen LogP contribution >= 0.6 is 0 Å². The number of unbranched alkanes of at least 4 members (excludes halogenated alkanes) is 5. The van der Waals surface area contributed by atoms with Gasteiger partial charge in [0.2, 0.25) is 0 Å². The van der Waals surface area contributed by atoms with Crippen LogP contribution in [0, 0.1) is 12.1 Å². The van der Waals surface area contributed by atoms with E-state index in [9.17, 15) is 10.0 Å². The topological polar surface area (TPSA) is 82.7 Å². The summed E-state index contributed by atoms with van der Waals surface area (Å²) in [7, 11) is 1.68. The Kier molecular flexibility index (Phi) is 10.4. The summed E-state index contributed by atoms with van der Waals surface area (Å²) < 4.78 is 11.8. The van der Waals surface area contributed by atoms with Crippen LogP contribution in [0.1, 0.15) is 61.9 Å². The van der Waals surface area contributed by atoms with Gasteiger partial charge in [0.15, 0.2) is 11.4 Å². The van der Waals surface area contributed by atoms with E-state index in [1.807, 2.05) is 12.1 Å². The highest BCUT2D eigenvalue weighted by Gasteiger charge is 2.13. The maximum Gasteiger partial charge on any atom is 0.307 e. The molecule has 1 aromatic carbocycles. The maximum absolute atomic E-state index is 12.3. The number of carbonyl (C=O) groups is 1. The summed E-state index contributed by atoms with van der Waals surface area (Å²) in [5.74, 6) is 0.444. The number of hydrogen-bond donors (Lipinski definition) is 1. The van der Waals surface area contributed by atoms with Crippen molar-refractivity contribution in [1.29, 1.82) is 0 Å². The number of pyridine rings is 1. The van der Waals surface area contributed by atoms with E-state index in [4.69, 9.17) is 14.6 Å². The molecule has 0 aliphatic heterocycles. The quantitative estimate of drug-likeness (QED) is 0.258. The van der Waals surface area contributed by atoms with Gasteiger partial charge in [-0.05, 0) is 43.0 Å². The van der Waals surface area contributed by atoms with E-state index >= 15 is 0 Å². The van der Waals surface area contributed by atoms with Crippen molar-refractivity contribution in [2.45, 2.75) is 58.3 Å². The number of aromatic nitrogens is 1. The van der Waals surface area contributed by atoms with Crippen LogP contribution < -0.4 is 14.2 Å². The van der Waals surface area contributed by atoms with Crippen molar-refractivity contribution in [3.63, 3.8) is 0 Å². The summed E-state index contributed by atoms with van der Waals surface area (Å²) in [5.41, 5.74) is 2.23. The van der Waals surface area contributed by atoms with Gasteiger partial charge in [-0.1, -0.05) is 43.9 Å². The summed E-state index contributed by atoms with van der Waals surface area (Å²) >= 11 is 0. The molecule has 6 nitrogen and oxygen atoms in total. The van der Waals surface area contributed by atoms with E-state index in [2.05, 4.69) is 12.1 Å². The van der Waals surface area contributed by atoms with Crippen LogP contribution in [-0.4, -0.2) is 24.8 Å². The van der Waals surface area contributed by atoms with E-state index in [1.54, 1.807) is 26.2 Å². The molecule has 168 valence electrons.